The van der Waals surface area contributed by atoms with Gasteiger partial charge >= 0.3 is 0 Å². The highest BCUT2D eigenvalue weighted by Crippen LogP contribution is 2.48. The van der Waals surface area contributed by atoms with E-state index in [1.54, 1.807) is 13.2 Å². The molecule has 1 aliphatic carbocycles. The number of nitrogens with zero attached hydrogens (tertiary/aromatic N) is 4. The van der Waals surface area contributed by atoms with Gasteiger partial charge in [-0.1, -0.05) is 32.0 Å². The van der Waals surface area contributed by atoms with Crippen molar-refractivity contribution in [2.75, 3.05) is 7.11 Å². The third-order valence-corrected chi connectivity index (χ3v) is 6.42. The lowest BCUT2D eigenvalue weighted by Crippen LogP contribution is -2.40. The fraction of sp³-hybridized carbons (Fsp3) is 0.478. The van der Waals surface area contributed by atoms with Crippen molar-refractivity contribution in [3.63, 3.8) is 0 Å². The molecule has 0 radical (unpaired) electrons. The highest BCUT2D eigenvalue weighted by atomic mass is 19.1. The summed E-state index contributed by atoms with van der Waals surface area (Å²) in [6.07, 6.45) is 2.34. The van der Waals surface area contributed by atoms with Crippen molar-refractivity contribution >= 4 is 0 Å². The first-order chi connectivity index (χ1) is 14.9. The first-order valence-electron chi connectivity index (χ1n) is 10.5. The summed E-state index contributed by atoms with van der Waals surface area (Å²) >= 11 is 0. The summed E-state index contributed by atoms with van der Waals surface area (Å²) in [6.45, 7) is 6.65. The Bertz CT molecular complexity index is 1060. The van der Waals surface area contributed by atoms with Crippen LogP contribution in [-0.4, -0.2) is 27.4 Å². The van der Waals surface area contributed by atoms with Crippen molar-refractivity contribution in [2.24, 2.45) is 5.92 Å². The highest BCUT2D eigenvalue weighted by Gasteiger charge is 2.44. The van der Waals surface area contributed by atoms with E-state index in [1.165, 1.54) is 18.2 Å². The average molecular weight is 428 g/mol. The van der Waals surface area contributed by atoms with E-state index in [0.717, 1.165) is 24.1 Å². The summed E-state index contributed by atoms with van der Waals surface area (Å²) in [6, 6.07) is 5.59. The molecule has 2 heterocycles. The molecule has 1 unspecified atom stereocenters. The molecule has 8 heteroatoms. The molecule has 31 heavy (non-hydrogen) atoms. The molecule has 0 spiro atoms. The van der Waals surface area contributed by atoms with Crippen molar-refractivity contribution in [1.29, 1.82) is 0 Å². The van der Waals surface area contributed by atoms with Gasteiger partial charge in [-0.25, -0.2) is 8.78 Å². The van der Waals surface area contributed by atoms with Crippen molar-refractivity contribution < 1.29 is 18.0 Å². The van der Waals surface area contributed by atoms with Crippen molar-refractivity contribution in [3.8, 4) is 11.3 Å². The number of ether oxygens (including phenoxy) is 1. The number of hydrogen-bond donors (Lipinski definition) is 0. The number of halogens is 2. The lowest BCUT2D eigenvalue weighted by atomic mass is 9.62. The number of rotatable bonds is 6. The Hall–Kier alpha value is -2.74. The molecule has 2 atom stereocenters. The normalized spacial score (nSPS) is 20.8. The summed E-state index contributed by atoms with van der Waals surface area (Å²) in [5.41, 5.74) is 1.53. The van der Waals surface area contributed by atoms with Crippen LogP contribution in [0.2, 0.25) is 0 Å². The van der Waals surface area contributed by atoms with Crippen LogP contribution in [0.5, 0.6) is 0 Å². The van der Waals surface area contributed by atoms with Crippen LogP contribution in [0, 0.1) is 17.6 Å². The Balaban J connectivity index is 1.79. The molecule has 0 bridgehead atoms. The first-order valence-corrected chi connectivity index (χ1v) is 10.5. The minimum Gasteiger partial charge on any atom is -0.375 e. The number of fused-ring (bicyclic) bond motifs is 1. The highest BCUT2D eigenvalue weighted by molar-refractivity contribution is 5.62. The van der Waals surface area contributed by atoms with E-state index in [9.17, 15) is 8.78 Å². The molecule has 6 nitrogen and oxygen atoms in total. The van der Waals surface area contributed by atoms with Gasteiger partial charge in [-0.2, -0.15) is 15.2 Å². The van der Waals surface area contributed by atoms with E-state index in [2.05, 4.69) is 41.1 Å². The van der Waals surface area contributed by atoms with Gasteiger partial charge in [0.15, 0.2) is 5.82 Å². The predicted molar refractivity (Wildman–Crippen MR) is 110 cm³/mol. The SMILES string of the molecule is COCc1nc(CC2(C(C)C)CC[C@H](C)c3cc(-c4c(F)cccc4F)nnc32)no1. The van der Waals surface area contributed by atoms with Crippen LogP contribution in [0.15, 0.2) is 28.8 Å². The number of benzene rings is 1. The third kappa shape index (κ3) is 3.84. The largest absolute Gasteiger partial charge is 0.375 e. The van der Waals surface area contributed by atoms with E-state index in [0.29, 0.717) is 18.1 Å². The molecule has 0 amide bonds. The van der Waals surface area contributed by atoms with Crippen LogP contribution >= 0.6 is 0 Å². The fourth-order valence-corrected chi connectivity index (χ4v) is 4.55. The molecule has 4 rings (SSSR count). The van der Waals surface area contributed by atoms with E-state index in [-0.39, 0.29) is 35.1 Å². The Morgan fingerprint density at radius 2 is 1.97 bits per heavy atom. The maximum Gasteiger partial charge on any atom is 0.252 e. The second-order valence-electron chi connectivity index (χ2n) is 8.59. The zero-order valence-electron chi connectivity index (χ0n) is 18.2. The summed E-state index contributed by atoms with van der Waals surface area (Å²) < 4.78 is 39.1. The van der Waals surface area contributed by atoms with Crippen molar-refractivity contribution in [3.05, 3.63) is 58.9 Å². The van der Waals surface area contributed by atoms with Gasteiger partial charge in [0.25, 0.3) is 5.89 Å². The second-order valence-corrected chi connectivity index (χ2v) is 8.59. The quantitative estimate of drug-likeness (QED) is 0.551. The summed E-state index contributed by atoms with van der Waals surface area (Å²) in [5, 5.41) is 12.9. The van der Waals surface area contributed by atoms with E-state index >= 15 is 0 Å². The minimum atomic E-state index is -0.648. The minimum absolute atomic E-state index is 0.145. The van der Waals surface area contributed by atoms with Crippen molar-refractivity contribution in [1.82, 2.24) is 20.3 Å². The van der Waals surface area contributed by atoms with E-state index in [4.69, 9.17) is 9.26 Å². The lowest BCUT2D eigenvalue weighted by molar-refractivity contribution is 0.151. The number of hydrogen-bond acceptors (Lipinski definition) is 6. The Labute approximate surface area is 180 Å². The fourth-order valence-electron chi connectivity index (χ4n) is 4.55. The summed E-state index contributed by atoms with van der Waals surface area (Å²) in [7, 11) is 1.57. The molecule has 0 aliphatic heterocycles. The second kappa shape index (κ2) is 8.42. The molecule has 2 aromatic heterocycles. The molecule has 0 saturated heterocycles. The van der Waals surface area contributed by atoms with Crippen LogP contribution in [0.4, 0.5) is 8.78 Å². The molecular formula is C23H26F2N4O2. The molecule has 1 aliphatic rings. The number of methoxy groups -OCH3 is 1. The molecule has 1 aromatic carbocycles. The zero-order valence-corrected chi connectivity index (χ0v) is 18.2. The molecule has 0 N–H and O–H groups in total. The van der Waals surface area contributed by atoms with Gasteiger partial charge in [0.2, 0.25) is 0 Å². The molecular weight excluding hydrogens is 402 g/mol. The predicted octanol–water partition coefficient (Wildman–Crippen LogP) is 4.99. The van der Waals surface area contributed by atoms with Gasteiger partial charge in [-0.3, -0.25) is 0 Å². The smallest absolute Gasteiger partial charge is 0.252 e. The standard InChI is InChI=1S/C23H26F2N4O2/c1-13(2)23(11-19-26-20(12-30-4)31-29-19)9-8-14(3)15-10-18(27-28-22(15)23)21-16(24)6-5-7-17(21)25/h5-7,10,13-14H,8-9,11-12H2,1-4H3/t14-,23?/m0/s1. The third-order valence-electron chi connectivity index (χ3n) is 6.42. The molecule has 3 aromatic rings. The summed E-state index contributed by atoms with van der Waals surface area (Å²) in [5.74, 6) is 0.133. The Morgan fingerprint density at radius 1 is 1.23 bits per heavy atom. The number of aromatic nitrogens is 4. The van der Waals surface area contributed by atoms with Crippen LogP contribution in [0.3, 0.4) is 0 Å². The molecule has 0 saturated carbocycles. The average Bonchev–Trinajstić information content (AvgIpc) is 3.17. The van der Waals surface area contributed by atoms with Gasteiger partial charge in [0.05, 0.1) is 17.0 Å². The van der Waals surface area contributed by atoms with Crippen molar-refractivity contribution in [2.45, 2.75) is 58.0 Å². The van der Waals surface area contributed by atoms with Gasteiger partial charge in [0, 0.05) is 18.9 Å². The lowest BCUT2D eigenvalue weighted by Gasteiger charge is -2.42. The zero-order chi connectivity index (χ0) is 22.2. The van der Waals surface area contributed by atoms with Gasteiger partial charge in [-0.15, -0.1) is 0 Å². The Morgan fingerprint density at radius 3 is 2.65 bits per heavy atom. The van der Waals surface area contributed by atoms with E-state index in [1.807, 2.05) is 0 Å². The van der Waals surface area contributed by atoms with Crippen LogP contribution in [0.25, 0.3) is 11.3 Å². The van der Waals surface area contributed by atoms with Crippen LogP contribution in [-0.2, 0) is 23.2 Å². The topological polar surface area (TPSA) is 73.9 Å². The van der Waals surface area contributed by atoms with Gasteiger partial charge in [-0.05, 0) is 48.4 Å². The monoisotopic (exact) mass is 428 g/mol. The summed E-state index contributed by atoms with van der Waals surface area (Å²) in [4.78, 5) is 4.45. The maximum atomic E-state index is 14.4. The molecule has 164 valence electrons. The van der Waals surface area contributed by atoms with E-state index < -0.39 is 11.6 Å². The van der Waals surface area contributed by atoms with Crippen LogP contribution in [0.1, 0.15) is 62.5 Å². The molecule has 0 fully saturated rings. The van der Waals surface area contributed by atoms with Gasteiger partial charge < -0.3 is 9.26 Å². The Kier molecular flexibility index (Phi) is 5.83. The first kappa shape index (κ1) is 21.5. The maximum absolute atomic E-state index is 14.4. The van der Waals surface area contributed by atoms with Gasteiger partial charge in [0.1, 0.15) is 18.2 Å². The van der Waals surface area contributed by atoms with Crippen LogP contribution < -0.4 is 0 Å².